The summed E-state index contributed by atoms with van der Waals surface area (Å²) in [7, 11) is 0. The zero-order valence-corrected chi connectivity index (χ0v) is 13.2. The molecular weight excluding hydrogens is 357 g/mol. The Morgan fingerprint density at radius 2 is 2.05 bits per heavy atom. The molecule has 0 aliphatic rings. The minimum Gasteiger partial charge on any atom is -0.409 e. The average Bonchev–Trinajstić information content (AvgIpc) is 2.43. The number of carbonyl (C=O) groups excluding carboxylic acids is 1. The molecule has 6 heteroatoms. The van der Waals surface area contributed by atoms with Crippen LogP contribution in [0.4, 0.5) is 0 Å². The molecule has 0 bridgehead atoms. The first kappa shape index (κ1) is 15.7. The van der Waals surface area contributed by atoms with Gasteiger partial charge in [-0.15, -0.1) is 0 Å². The Bertz CT molecular complexity index is 459. The first-order chi connectivity index (χ1) is 8.99. The van der Waals surface area contributed by atoms with Crippen LogP contribution >= 0.6 is 22.6 Å². The van der Waals surface area contributed by atoms with Gasteiger partial charge in [0.2, 0.25) is 0 Å². The second kappa shape index (κ2) is 7.32. The number of nitrogens with two attached hydrogens (primary N) is 1. The molecule has 1 aromatic rings. The van der Waals surface area contributed by atoms with Gasteiger partial charge in [-0.3, -0.25) is 4.79 Å². The Balaban J connectivity index is 2.80. The molecule has 0 heterocycles. The summed E-state index contributed by atoms with van der Waals surface area (Å²) in [6, 6.07) is 7.41. The van der Waals surface area contributed by atoms with Crippen LogP contribution in [0.3, 0.4) is 0 Å². The van der Waals surface area contributed by atoms with E-state index in [4.69, 9.17) is 10.9 Å². The Labute approximate surface area is 126 Å². The van der Waals surface area contributed by atoms with E-state index >= 15 is 0 Å². The quantitative estimate of drug-likeness (QED) is 0.272. The maximum atomic E-state index is 12.3. The number of amides is 1. The second-order valence-electron chi connectivity index (χ2n) is 4.28. The molecule has 1 amide bonds. The first-order valence-corrected chi connectivity index (χ1v) is 7.09. The van der Waals surface area contributed by atoms with Crippen molar-refractivity contribution in [2.45, 2.75) is 13.8 Å². The predicted molar refractivity (Wildman–Crippen MR) is 83.3 cm³/mol. The van der Waals surface area contributed by atoms with Gasteiger partial charge in [-0.25, -0.2) is 0 Å². The molecule has 0 saturated heterocycles. The minimum atomic E-state index is -0.183. The summed E-state index contributed by atoms with van der Waals surface area (Å²) in [5.41, 5.74) is 6.19. The number of benzene rings is 1. The van der Waals surface area contributed by atoms with Gasteiger partial charge in [-0.2, -0.15) is 0 Å². The Hall–Kier alpha value is -1.31. The van der Waals surface area contributed by atoms with Gasteiger partial charge in [0.15, 0.2) is 0 Å². The fourth-order valence-electron chi connectivity index (χ4n) is 1.65. The van der Waals surface area contributed by atoms with Crippen LogP contribution in [-0.4, -0.2) is 34.9 Å². The van der Waals surface area contributed by atoms with Gasteiger partial charge >= 0.3 is 0 Å². The van der Waals surface area contributed by atoms with Gasteiger partial charge in [0.05, 0.1) is 0 Å². The number of carbonyl (C=O) groups is 1. The molecule has 0 spiro atoms. The van der Waals surface area contributed by atoms with Crippen LogP contribution < -0.4 is 5.73 Å². The summed E-state index contributed by atoms with van der Waals surface area (Å²) >= 11 is 2.20. The van der Waals surface area contributed by atoms with Gasteiger partial charge in [0.25, 0.3) is 5.91 Å². The largest absolute Gasteiger partial charge is 0.409 e. The highest BCUT2D eigenvalue weighted by Gasteiger charge is 2.18. The number of hydrogen-bond donors (Lipinski definition) is 2. The molecule has 0 radical (unpaired) electrons. The van der Waals surface area contributed by atoms with Crippen LogP contribution in [0.15, 0.2) is 29.4 Å². The lowest BCUT2D eigenvalue weighted by Crippen LogP contribution is -2.38. The number of nitrogens with zero attached hydrogens (tertiary/aromatic N) is 2. The lowest BCUT2D eigenvalue weighted by atomic mass is 10.1. The third kappa shape index (κ3) is 4.38. The molecule has 1 atom stereocenters. The molecule has 0 aliphatic heterocycles. The monoisotopic (exact) mass is 375 g/mol. The zero-order chi connectivity index (χ0) is 14.4. The van der Waals surface area contributed by atoms with Crippen molar-refractivity contribution >= 4 is 34.3 Å². The highest BCUT2D eigenvalue weighted by Crippen LogP contribution is 2.11. The average molecular weight is 375 g/mol. The van der Waals surface area contributed by atoms with E-state index in [9.17, 15) is 4.79 Å². The summed E-state index contributed by atoms with van der Waals surface area (Å²) in [4.78, 5) is 14.0. The highest BCUT2D eigenvalue weighted by molar-refractivity contribution is 14.1. The molecule has 1 unspecified atom stereocenters. The molecule has 0 fully saturated rings. The third-order valence-electron chi connectivity index (χ3n) is 2.87. The molecule has 1 rings (SSSR count). The van der Waals surface area contributed by atoms with E-state index in [1.54, 1.807) is 17.0 Å². The third-order valence-corrected chi connectivity index (χ3v) is 3.59. The van der Waals surface area contributed by atoms with Crippen molar-refractivity contribution in [3.05, 3.63) is 33.4 Å². The van der Waals surface area contributed by atoms with Crippen LogP contribution in [0, 0.1) is 9.49 Å². The standard InChI is InChI=1S/C13H18IN3O2/c1-3-17(8-9(2)12(15)16-19)13(18)10-4-6-11(14)7-5-10/h4-7,9,19H,3,8H2,1-2H3,(H2,15,16). The molecule has 19 heavy (non-hydrogen) atoms. The van der Waals surface area contributed by atoms with Gasteiger partial charge in [0.1, 0.15) is 5.84 Å². The van der Waals surface area contributed by atoms with E-state index in [2.05, 4.69) is 27.7 Å². The molecule has 0 aromatic heterocycles. The summed E-state index contributed by atoms with van der Waals surface area (Å²) in [5, 5.41) is 11.6. The van der Waals surface area contributed by atoms with Crippen LogP contribution in [0.5, 0.6) is 0 Å². The summed E-state index contributed by atoms with van der Waals surface area (Å²) in [6.45, 7) is 4.73. The number of oxime groups is 1. The van der Waals surface area contributed by atoms with Crippen molar-refractivity contribution in [1.29, 1.82) is 0 Å². The Morgan fingerprint density at radius 1 is 1.47 bits per heavy atom. The molecule has 0 aliphatic carbocycles. The molecule has 0 saturated carbocycles. The van der Waals surface area contributed by atoms with E-state index in [1.807, 2.05) is 26.0 Å². The summed E-state index contributed by atoms with van der Waals surface area (Å²) < 4.78 is 1.09. The Morgan fingerprint density at radius 3 is 2.53 bits per heavy atom. The summed E-state index contributed by atoms with van der Waals surface area (Å²) in [5.74, 6) is -0.0944. The van der Waals surface area contributed by atoms with Crippen molar-refractivity contribution in [2.24, 2.45) is 16.8 Å². The van der Waals surface area contributed by atoms with Crippen LogP contribution in [0.25, 0.3) is 0 Å². The van der Waals surface area contributed by atoms with Gasteiger partial charge < -0.3 is 15.8 Å². The Kier molecular flexibility index (Phi) is 6.07. The molecule has 5 nitrogen and oxygen atoms in total. The highest BCUT2D eigenvalue weighted by atomic mass is 127. The minimum absolute atomic E-state index is 0.0449. The maximum absolute atomic E-state index is 12.3. The lowest BCUT2D eigenvalue weighted by Gasteiger charge is -2.24. The number of rotatable bonds is 5. The number of amidine groups is 1. The fourth-order valence-corrected chi connectivity index (χ4v) is 2.01. The van der Waals surface area contributed by atoms with Crippen LogP contribution in [-0.2, 0) is 0 Å². The van der Waals surface area contributed by atoms with Crippen LogP contribution in [0.2, 0.25) is 0 Å². The molecule has 104 valence electrons. The van der Waals surface area contributed by atoms with Crippen molar-refractivity contribution < 1.29 is 10.0 Å². The van der Waals surface area contributed by atoms with Crippen molar-refractivity contribution in [3.63, 3.8) is 0 Å². The van der Waals surface area contributed by atoms with E-state index < -0.39 is 0 Å². The fraction of sp³-hybridized carbons (Fsp3) is 0.385. The number of hydrogen-bond acceptors (Lipinski definition) is 3. The lowest BCUT2D eigenvalue weighted by molar-refractivity contribution is 0.0754. The molecule has 1 aromatic carbocycles. The molecular formula is C13H18IN3O2. The van der Waals surface area contributed by atoms with Gasteiger partial charge in [-0.1, -0.05) is 12.1 Å². The second-order valence-corrected chi connectivity index (χ2v) is 5.52. The van der Waals surface area contributed by atoms with Crippen LogP contribution in [0.1, 0.15) is 24.2 Å². The summed E-state index contributed by atoms with van der Waals surface area (Å²) in [6.07, 6.45) is 0. The maximum Gasteiger partial charge on any atom is 0.253 e. The SMILES string of the molecule is CCN(CC(C)C(N)=NO)C(=O)c1ccc(I)cc1. The van der Waals surface area contributed by atoms with E-state index in [-0.39, 0.29) is 17.7 Å². The smallest absolute Gasteiger partial charge is 0.253 e. The van der Waals surface area contributed by atoms with E-state index in [1.165, 1.54) is 0 Å². The van der Waals surface area contributed by atoms with E-state index in [0.29, 0.717) is 18.7 Å². The topological polar surface area (TPSA) is 78.9 Å². The van der Waals surface area contributed by atoms with Crippen molar-refractivity contribution in [1.82, 2.24) is 4.90 Å². The van der Waals surface area contributed by atoms with Crippen molar-refractivity contribution in [2.75, 3.05) is 13.1 Å². The molecule has 3 N–H and O–H groups in total. The van der Waals surface area contributed by atoms with Gasteiger partial charge in [0, 0.05) is 28.1 Å². The zero-order valence-electron chi connectivity index (χ0n) is 11.0. The van der Waals surface area contributed by atoms with E-state index in [0.717, 1.165) is 3.57 Å². The first-order valence-electron chi connectivity index (χ1n) is 6.01. The predicted octanol–water partition coefficient (Wildman–Crippen LogP) is 2.14. The normalized spacial score (nSPS) is 13.1. The number of halogens is 1. The van der Waals surface area contributed by atoms with Crippen molar-refractivity contribution in [3.8, 4) is 0 Å². The van der Waals surface area contributed by atoms with Gasteiger partial charge in [-0.05, 0) is 53.8 Å².